The lowest BCUT2D eigenvalue weighted by molar-refractivity contribution is 0.0760. The molecule has 1 fully saturated rings. The Balaban J connectivity index is 0. The minimum absolute atomic E-state index is 0. The van der Waals surface area contributed by atoms with E-state index in [-0.39, 0.29) is 43.3 Å². The number of ether oxygens (including phenoxy) is 1. The number of thiazole rings is 1. The molecule has 0 spiro atoms. The van der Waals surface area contributed by atoms with Crippen LogP contribution in [-0.2, 0) is 11.3 Å². The molecule has 120 valence electrons. The Kier molecular flexibility index (Phi) is 13.6. The van der Waals surface area contributed by atoms with Crippen LogP contribution < -0.4 is 5.32 Å². The molecule has 2 heterocycles. The Hall–Kier alpha value is 0.380. The minimum atomic E-state index is 0. The van der Waals surface area contributed by atoms with Gasteiger partial charge in [0.1, 0.15) is 11.1 Å². The van der Waals surface area contributed by atoms with Crippen LogP contribution in [0.2, 0.25) is 0 Å². The van der Waals surface area contributed by atoms with Crippen LogP contribution >= 0.6 is 48.6 Å². The normalized spacial score (nSPS) is 16.5. The zero-order valence-electron chi connectivity index (χ0n) is 11.8. The van der Waals surface area contributed by atoms with E-state index in [1.165, 1.54) is 5.69 Å². The van der Waals surface area contributed by atoms with Crippen molar-refractivity contribution in [2.45, 2.75) is 26.5 Å². The summed E-state index contributed by atoms with van der Waals surface area (Å²) in [5.74, 6) is 0. The lowest BCUT2D eigenvalue weighted by Gasteiger charge is -2.26. The van der Waals surface area contributed by atoms with Crippen molar-refractivity contribution in [2.24, 2.45) is 0 Å². The SMILES string of the molecule is CCOC(C)c1nc(CN2CCNCC2)cs1.Cl.Cl.Cl. The van der Waals surface area contributed by atoms with Crippen LogP contribution in [0.4, 0.5) is 0 Å². The first kappa shape index (κ1) is 22.7. The van der Waals surface area contributed by atoms with Crippen LogP contribution in [0.1, 0.15) is 30.7 Å². The second-order valence-corrected chi connectivity index (χ2v) is 5.19. The molecular weight excluding hydrogens is 341 g/mol. The lowest BCUT2D eigenvalue weighted by Crippen LogP contribution is -2.42. The Labute approximate surface area is 143 Å². The maximum atomic E-state index is 5.56. The fraction of sp³-hybridized carbons (Fsp3) is 0.750. The van der Waals surface area contributed by atoms with Crippen molar-refractivity contribution in [3.8, 4) is 0 Å². The van der Waals surface area contributed by atoms with Gasteiger partial charge in [-0.25, -0.2) is 4.98 Å². The Bertz CT molecular complexity index is 348. The smallest absolute Gasteiger partial charge is 0.122 e. The number of rotatable bonds is 5. The second kappa shape index (κ2) is 12.0. The highest BCUT2D eigenvalue weighted by Gasteiger charge is 2.14. The fourth-order valence-electron chi connectivity index (χ4n) is 2.00. The number of halogens is 3. The number of piperazine rings is 1. The average molecular weight is 365 g/mol. The molecular formula is C12H24Cl3N3OS. The van der Waals surface area contributed by atoms with Gasteiger partial charge in [0.15, 0.2) is 0 Å². The third-order valence-electron chi connectivity index (χ3n) is 2.93. The van der Waals surface area contributed by atoms with Gasteiger partial charge in [-0.2, -0.15) is 0 Å². The van der Waals surface area contributed by atoms with Crippen molar-refractivity contribution in [1.82, 2.24) is 15.2 Å². The van der Waals surface area contributed by atoms with Crippen LogP contribution in [0.15, 0.2) is 5.38 Å². The summed E-state index contributed by atoms with van der Waals surface area (Å²) in [6, 6.07) is 0. The summed E-state index contributed by atoms with van der Waals surface area (Å²) in [6.07, 6.45) is 0.127. The Morgan fingerprint density at radius 3 is 2.60 bits per heavy atom. The first-order valence-electron chi connectivity index (χ1n) is 6.28. The summed E-state index contributed by atoms with van der Waals surface area (Å²) in [5.41, 5.74) is 1.18. The monoisotopic (exact) mass is 363 g/mol. The summed E-state index contributed by atoms with van der Waals surface area (Å²) < 4.78 is 5.56. The van der Waals surface area contributed by atoms with Gasteiger partial charge in [0.2, 0.25) is 0 Å². The maximum Gasteiger partial charge on any atom is 0.122 e. The highest BCUT2D eigenvalue weighted by Crippen LogP contribution is 2.21. The van der Waals surface area contributed by atoms with Crippen LogP contribution in [0.25, 0.3) is 0 Å². The lowest BCUT2D eigenvalue weighted by atomic mass is 10.3. The Morgan fingerprint density at radius 1 is 1.35 bits per heavy atom. The Morgan fingerprint density at radius 2 is 2.00 bits per heavy atom. The molecule has 0 aliphatic carbocycles. The first-order valence-corrected chi connectivity index (χ1v) is 7.16. The zero-order chi connectivity index (χ0) is 12.1. The average Bonchev–Trinajstić information content (AvgIpc) is 2.79. The summed E-state index contributed by atoms with van der Waals surface area (Å²) in [5, 5.41) is 6.62. The molecule has 0 amide bonds. The predicted octanol–water partition coefficient (Wildman–Crippen LogP) is 2.91. The predicted molar refractivity (Wildman–Crippen MR) is 92.0 cm³/mol. The molecule has 8 heteroatoms. The molecule has 1 unspecified atom stereocenters. The minimum Gasteiger partial charge on any atom is -0.372 e. The van der Waals surface area contributed by atoms with Crippen LogP contribution in [0.5, 0.6) is 0 Å². The van der Waals surface area contributed by atoms with E-state index in [9.17, 15) is 0 Å². The molecule has 0 bridgehead atoms. The molecule has 4 nitrogen and oxygen atoms in total. The van der Waals surface area contributed by atoms with E-state index in [1.54, 1.807) is 11.3 Å². The van der Waals surface area contributed by atoms with Gasteiger partial charge in [-0.15, -0.1) is 48.6 Å². The van der Waals surface area contributed by atoms with E-state index < -0.39 is 0 Å². The summed E-state index contributed by atoms with van der Waals surface area (Å²) in [6.45, 7) is 10.2. The van der Waals surface area contributed by atoms with E-state index in [2.05, 4.69) is 27.5 Å². The van der Waals surface area contributed by atoms with Crippen molar-refractivity contribution < 1.29 is 4.74 Å². The van der Waals surface area contributed by atoms with Crippen LogP contribution in [0.3, 0.4) is 0 Å². The molecule has 2 rings (SSSR count). The third-order valence-corrected chi connectivity index (χ3v) is 3.98. The molecule has 0 saturated carbocycles. The van der Waals surface area contributed by atoms with Gasteiger partial charge in [0.25, 0.3) is 0 Å². The first-order chi connectivity index (χ1) is 8.29. The maximum absolute atomic E-state index is 5.56. The van der Waals surface area contributed by atoms with Crippen molar-refractivity contribution in [2.75, 3.05) is 32.8 Å². The molecule has 1 aliphatic rings. The number of nitrogens with zero attached hydrogens (tertiary/aromatic N) is 2. The van der Waals surface area contributed by atoms with Crippen molar-refractivity contribution in [3.63, 3.8) is 0 Å². The van der Waals surface area contributed by atoms with E-state index in [4.69, 9.17) is 4.74 Å². The van der Waals surface area contributed by atoms with Crippen molar-refractivity contribution in [3.05, 3.63) is 16.1 Å². The molecule has 1 aromatic rings. The van der Waals surface area contributed by atoms with Gasteiger partial charge in [0, 0.05) is 44.7 Å². The summed E-state index contributed by atoms with van der Waals surface area (Å²) in [7, 11) is 0. The zero-order valence-corrected chi connectivity index (χ0v) is 15.1. The molecule has 1 aliphatic heterocycles. The van der Waals surface area contributed by atoms with E-state index in [1.807, 2.05) is 6.92 Å². The number of nitrogens with one attached hydrogen (secondary N) is 1. The highest BCUT2D eigenvalue weighted by molar-refractivity contribution is 7.09. The van der Waals surface area contributed by atoms with Gasteiger partial charge in [-0.1, -0.05) is 0 Å². The van der Waals surface area contributed by atoms with Gasteiger partial charge >= 0.3 is 0 Å². The number of aromatic nitrogens is 1. The molecule has 0 radical (unpaired) electrons. The number of hydrogen-bond donors (Lipinski definition) is 1. The van der Waals surface area contributed by atoms with Crippen molar-refractivity contribution in [1.29, 1.82) is 0 Å². The topological polar surface area (TPSA) is 37.4 Å². The quantitative estimate of drug-likeness (QED) is 0.871. The van der Waals surface area contributed by atoms with Gasteiger partial charge in [-0.3, -0.25) is 4.90 Å². The van der Waals surface area contributed by atoms with Crippen LogP contribution in [-0.4, -0.2) is 42.7 Å². The summed E-state index contributed by atoms with van der Waals surface area (Å²) in [4.78, 5) is 7.10. The second-order valence-electron chi connectivity index (χ2n) is 4.30. The fourth-order valence-corrected chi connectivity index (χ4v) is 2.82. The van der Waals surface area contributed by atoms with Crippen LogP contribution in [0, 0.1) is 0 Å². The molecule has 1 saturated heterocycles. The molecule has 20 heavy (non-hydrogen) atoms. The number of hydrogen-bond acceptors (Lipinski definition) is 5. The standard InChI is InChI=1S/C12H21N3OS.3ClH/c1-3-16-10(2)12-14-11(9-17-12)8-15-6-4-13-5-7-15;;;/h9-10,13H,3-8H2,1-2H3;3*1H. The summed E-state index contributed by atoms with van der Waals surface area (Å²) >= 11 is 1.71. The van der Waals surface area contributed by atoms with E-state index >= 15 is 0 Å². The van der Waals surface area contributed by atoms with Gasteiger partial charge in [-0.05, 0) is 13.8 Å². The molecule has 0 aromatic carbocycles. The van der Waals surface area contributed by atoms with Gasteiger partial charge in [0.05, 0.1) is 5.69 Å². The molecule has 1 N–H and O–H groups in total. The van der Waals surface area contributed by atoms with E-state index in [0.717, 1.165) is 44.3 Å². The van der Waals surface area contributed by atoms with Crippen molar-refractivity contribution >= 4 is 48.6 Å². The highest BCUT2D eigenvalue weighted by atomic mass is 35.5. The molecule has 1 atom stereocenters. The van der Waals surface area contributed by atoms with E-state index in [0.29, 0.717) is 0 Å². The molecule has 1 aromatic heterocycles. The van der Waals surface area contributed by atoms with Gasteiger partial charge < -0.3 is 10.1 Å². The third kappa shape index (κ3) is 6.89. The largest absolute Gasteiger partial charge is 0.372 e.